The van der Waals surface area contributed by atoms with Gasteiger partial charge in [-0.15, -0.1) is 16.9 Å². The minimum atomic E-state index is -0.672. The second kappa shape index (κ2) is 7.92. The normalized spacial score (nSPS) is 16.2. The van der Waals surface area contributed by atoms with E-state index >= 15 is 0 Å². The van der Waals surface area contributed by atoms with Crippen LogP contribution in [0.2, 0.25) is 0 Å². The molecule has 5 rings (SSSR count). The van der Waals surface area contributed by atoms with Gasteiger partial charge in [0.2, 0.25) is 11.7 Å². The minimum absolute atomic E-state index is 0.0476. The maximum atomic E-state index is 13.0. The van der Waals surface area contributed by atoms with Gasteiger partial charge in [0.25, 0.3) is 5.91 Å². The lowest BCUT2D eigenvalue weighted by Crippen LogP contribution is -2.48. The summed E-state index contributed by atoms with van der Waals surface area (Å²) in [4.78, 5) is 35.7. The molecule has 31 heavy (non-hydrogen) atoms. The number of nitrogens with one attached hydrogen (secondary N) is 2. The molecule has 0 spiro atoms. The monoisotopic (exact) mass is 432 g/mol. The van der Waals surface area contributed by atoms with Crippen LogP contribution in [0.3, 0.4) is 0 Å². The number of hydrogen-bond acceptors (Lipinski definition) is 5. The molecule has 156 valence electrons. The first kappa shape index (κ1) is 19.4. The molecule has 1 aliphatic rings. The van der Waals surface area contributed by atoms with Gasteiger partial charge in [-0.3, -0.25) is 9.59 Å². The minimum Gasteiger partial charge on any atom is -0.361 e. The maximum absolute atomic E-state index is 13.0. The van der Waals surface area contributed by atoms with Crippen molar-refractivity contribution >= 4 is 40.2 Å². The van der Waals surface area contributed by atoms with Crippen molar-refractivity contribution in [3.63, 3.8) is 0 Å². The van der Waals surface area contributed by atoms with Gasteiger partial charge in [0, 0.05) is 34.8 Å². The number of aromatic nitrogens is 4. The van der Waals surface area contributed by atoms with Gasteiger partial charge in [0.1, 0.15) is 12.4 Å². The zero-order valence-electron chi connectivity index (χ0n) is 16.8. The number of H-pyrrole nitrogens is 1. The van der Waals surface area contributed by atoms with Crippen molar-refractivity contribution in [3.05, 3.63) is 72.4 Å². The van der Waals surface area contributed by atoms with E-state index in [4.69, 9.17) is 0 Å². The molecule has 9 heteroatoms. The largest absolute Gasteiger partial charge is 0.361 e. The average molecular weight is 433 g/mol. The lowest BCUT2D eigenvalue weighted by molar-refractivity contribution is -0.119. The molecule has 3 heterocycles. The Labute approximate surface area is 182 Å². The van der Waals surface area contributed by atoms with Crippen molar-refractivity contribution in [3.8, 4) is 0 Å². The summed E-state index contributed by atoms with van der Waals surface area (Å²) in [5, 5.41) is 8.11. The Balaban J connectivity index is 1.31. The number of aromatic amines is 1. The van der Waals surface area contributed by atoms with Crippen LogP contribution < -0.4 is 10.2 Å². The van der Waals surface area contributed by atoms with Crippen molar-refractivity contribution in [1.82, 2.24) is 25.1 Å². The summed E-state index contributed by atoms with van der Waals surface area (Å²) in [5.74, 6) is -0.152. The first-order valence-corrected chi connectivity index (χ1v) is 10.8. The van der Waals surface area contributed by atoms with E-state index in [2.05, 4.69) is 20.4 Å². The lowest BCUT2D eigenvalue weighted by Gasteiger charge is -2.21. The highest BCUT2D eigenvalue weighted by molar-refractivity contribution is 7.99. The molecule has 0 saturated carbocycles. The summed E-state index contributed by atoms with van der Waals surface area (Å²) in [6, 6.07) is 15.1. The van der Waals surface area contributed by atoms with Crippen LogP contribution in [0.4, 0.5) is 5.69 Å². The Morgan fingerprint density at radius 2 is 2.10 bits per heavy atom. The van der Waals surface area contributed by atoms with Gasteiger partial charge < -0.3 is 15.2 Å². The molecule has 0 saturated heterocycles. The van der Waals surface area contributed by atoms with Crippen LogP contribution in [0.25, 0.3) is 10.9 Å². The zero-order chi connectivity index (χ0) is 21.4. The lowest BCUT2D eigenvalue weighted by atomic mass is 10.2. The summed E-state index contributed by atoms with van der Waals surface area (Å²) >= 11 is 1.54. The standard InChI is InChI=1S/C22H20N6O2S/c1-27-18-9-15-7-8-23-16(15)10-19(18)31-12-17(22(27)30)25-21(29)20-24-13-28(26-20)11-14-5-3-2-4-6-14/h2-10,13,17,23H,11-12H2,1H3,(H,25,29)/t17-/m0/s1. The van der Waals surface area contributed by atoms with Gasteiger partial charge in [-0.25, -0.2) is 9.67 Å². The third kappa shape index (κ3) is 3.79. The number of hydrogen-bond donors (Lipinski definition) is 2. The fourth-order valence-electron chi connectivity index (χ4n) is 3.61. The van der Waals surface area contributed by atoms with Crippen LogP contribution in [0, 0.1) is 0 Å². The molecule has 0 fully saturated rings. The third-order valence-electron chi connectivity index (χ3n) is 5.26. The summed E-state index contributed by atoms with van der Waals surface area (Å²) in [6.07, 6.45) is 3.40. The molecule has 0 radical (unpaired) electrons. The van der Waals surface area contributed by atoms with E-state index < -0.39 is 11.9 Å². The number of rotatable bonds is 4. The summed E-state index contributed by atoms with van der Waals surface area (Å²) in [5.41, 5.74) is 2.91. The third-order valence-corrected chi connectivity index (χ3v) is 6.40. The van der Waals surface area contributed by atoms with E-state index in [1.54, 1.807) is 28.4 Å². The first-order valence-electron chi connectivity index (χ1n) is 9.84. The fraction of sp³-hybridized carbons (Fsp3) is 0.182. The fourth-order valence-corrected chi connectivity index (χ4v) is 4.73. The summed E-state index contributed by atoms with van der Waals surface area (Å²) < 4.78 is 1.61. The number of anilines is 1. The molecule has 1 aliphatic heterocycles. The Morgan fingerprint density at radius 3 is 2.94 bits per heavy atom. The number of likely N-dealkylation sites (N-methyl/N-ethyl adjacent to an activating group) is 1. The van der Waals surface area contributed by atoms with Crippen molar-refractivity contribution in [2.24, 2.45) is 0 Å². The highest BCUT2D eigenvalue weighted by atomic mass is 32.2. The number of carbonyl (C=O) groups excluding carboxylic acids is 2. The van der Waals surface area contributed by atoms with Gasteiger partial charge in [0.05, 0.1) is 12.2 Å². The van der Waals surface area contributed by atoms with Gasteiger partial charge in [-0.2, -0.15) is 0 Å². The Hall–Kier alpha value is -3.59. The van der Waals surface area contributed by atoms with Crippen molar-refractivity contribution in [1.29, 1.82) is 0 Å². The van der Waals surface area contributed by atoms with E-state index in [0.717, 1.165) is 27.0 Å². The van der Waals surface area contributed by atoms with E-state index in [9.17, 15) is 9.59 Å². The Bertz CT molecular complexity index is 1270. The topological polar surface area (TPSA) is 95.9 Å². The van der Waals surface area contributed by atoms with Gasteiger partial charge in [0.15, 0.2) is 0 Å². The molecule has 2 N–H and O–H groups in total. The quantitative estimate of drug-likeness (QED) is 0.517. The van der Waals surface area contributed by atoms with Crippen molar-refractivity contribution in [2.75, 3.05) is 17.7 Å². The van der Waals surface area contributed by atoms with Gasteiger partial charge >= 0.3 is 0 Å². The smallest absolute Gasteiger partial charge is 0.291 e. The predicted molar refractivity (Wildman–Crippen MR) is 119 cm³/mol. The zero-order valence-corrected chi connectivity index (χ0v) is 17.6. The van der Waals surface area contributed by atoms with Crippen LogP contribution in [0.15, 0.2) is 66.0 Å². The Morgan fingerprint density at radius 1 is 1.26 bits per heavy atom. The number of benzene rings is 2. The highest BCUT2D eigenvalue weighted by Crippen LogP contribution is 2.36. The molecule has 0 aliphatic carbocycles. The maximum Gasteiger partial charge on any atom is 0.291 e. The summed E-state index contributed by atoms with van der Waals surface area (Å²) in [6.45, 7) is 0.518. The molecular formula is C22H20N6O2S. The number of carbonyl (C=O) groups is 2. The second-order valence-corrected chi connectivity index (χ2v) is 8.43. The van der Waals surface area contributed by atoms with Gasteiger partial charge in [-0.05, 0) is 23.8 Å². The van der Waals surface area contributed by atoms with Crippen LogP contribution in [0.1, 0.15) is 16.2 Å². The molecule has 1 atom stereocenters. The van der Waals surface area contributed by atoms with E-state index in [1.165, 1.54) is 6.33 Å². The number of amides is 2. The molecule has 4 aromatic rings. The van der Waals surface area contributed by atoms with Crippen LogP contribution in [-0.2, 0) is 11.3 Å². The molecule has 8 nitrogen and oxygen atoms in total. The average Bonchev–Trinajstić information content (AvgIpc) is 3.42. The Kier molecular flexibility index (Phi) is 4.95. The van der Waals surface area contributed by atoms with Crippen molar-refractivity contribution < 1.29 is 9.59 Å². The molecule has 2 amide bonds. The predicted octanol–water partition coefficient (Wildman–Crippen LogP) is 2.67. The van der Waals surface area contributed by atoms with Gasteiger partial charge in [-0.1, -0.05) is 30.3 Å². The van der Waals surface area contributed by atoms with E-state index in [-0.39, 0.29) is 11.7 Å². The van der Waals surface area contributed by atoms with Crippen molar-refractivity contribution in [2.45, 2.75) is 17.5 Å². The number of nitrogens with zero attached hydrogens (tertiary/aromatic N) is 4. The van der Waals surface area contributed by atoms with Crippen LogP contribution >= 0.6 is 11.8 Å². The highest BCUT2D eigenvalue weighted by Gasteiger charge is 2.31. The molecule has 2 aromatic carbocycles. The SMILES string of the molecule is CN1C(=O)[C@@H](NC(=O)c2ncn(Cc3ccccc3)n2)CSc2cc3[nH]ccc3cc21. The van der Waals surface area contributed by atoms with Crippen LogP contribution in [0.5, 0.6) is 0 Å². The molecule has 0 bridgehead atoms. The molecule has 2 aromatic heterocycles. The molecule has 0 unspecified atom stereocenters. The second-order valence-electron chi connectivity index (χ2n) is 7.37. The summed E-state index contributed by atoms with van der Waals surface area (Å²) in [7, 11) is 1.73. The molecular weight excluding hydrogens is 412 g/mol. The van der Waals surface area contributed by atoms with E-state index in [1.807, 2.05) is 54.7 Å². The number of fused-ring (bicyclic) bond motifs is 2. The number of thioether (sulfide) groups is 1. The van der Waals surface area contributed by atoms with E-state index in [0.29, 0.717) is 12.3 Å². The van der Waals surface area contributed by atoms with Crippen LogP contribution in [-0.4, -0.2) is 50.4 Å². The first-order chi connectivity index (χ1) is 15.1.